The Bertz CT molecular complexity index is 493. The van der Waals surface area contributed by atoms with Crippen molar-refractivity contribution in [3.8, 4) is 0 Å². The number of nitrogens with one attached hydrogen (secondary N) is 2. The van der Waals surface area contributed by atoms with Gasteiger partial charge in [-0.3, -0.25) is 4.79 Å². The van der Waals surface area contributed by atoms with Crippen LogP contribution in [0.4, 0.5) is 0 Å². The summed E-state index contributed by atoms with van der Waals surface area (Å²) in [6, 6.07) is 5.75. The highest BCUT2D eigenvalue weighted by Gasteiger charge is 2.25. The average Bonchev–Trinajstić information content (AvgIpc) is 2.88. The standard InChI is InChI=1S/C15H20N2O2.ClH/c18-14-4-2-1-3-13(14)17-15(19)10-5-6-11-8-16-9-12(11)7-10;/h5-7,13-14,16,18H,1-4,8-9H2,(H,17,19);1H/t13-,14-;/m0./s1. The van der Waals surface area contributed by atoms with E-state index in [2.05, 4.69) is 10.6 Å². The Kier molecular flexibility index (Phi) is 5.02. The van der Waals surface area contributed by atoms with E-state index in [1.54, 1.807) is 0 Å². The van der Waals surface area contributed by atoms with Gasteiger partial charge in [0, 0.05) is 18.7 Å². The summed E-state index contributed by atoms with van der Waals surface area (Å²) in [5.41, 5.74) is 3.17. The summed E-state index contributed by atoms with van der Waals surface area (Å²) in [7, 11) is 0. The molecule has 0 unspecified atom stereocenters. The molecule has 3 rings (SSSR count). The summed E-state index contributed by atoms with van der Waals surface area (Å²) in [5, 5.41) is 16.1. The number of hydrogen-bond acceptors (Lipinski definition) is 3. The van der Waals surface area contributed by atoms with Crippen LogP contribution in [0.5, 0.6) is 0 Å². The molecule has 20 heavy (non-hydrogen) atoms. The number of benzene rings is 1. The van der Waals surface area contributed by atoms with Crippen molar-refractivity contribution in [2.24, 2.45) is 0 Å². The number of aliphatic hydroxyl groups is 1. The Morgan fingerprint density at radius 1 is 1.20 bits per heavy atom. The van der Waals surface area contributed by atoms with Gasteiger partial charge in [0.05, 0.1) is 12.1 Å². The van der Waals surface area contributed by atoms with Crippen molar-refractivity contribution in [3.05, 3.63) is 34.9 Å². The van der Waals surface area contributed by atoms with Crippen LogP contribution in [0.1, 0.15) is 47.2 Å². The van der Waals surface area contributed by atoms with Crippen LogP contribution in [0.25, 0.3) is 0 Å². The van der Waals surface area contributed by atoms with E-state index in [0.717, 1.165) is 38.8 Å². The van der Waals surface area contributed by atoms with Crippen LogP contribution in [-0.2, 0) is 13.1 Å². The van der Waals surface area contributed by atoms with Gasteiger partial charge in [0.15, 0.2) is 0 Å². The second-order valence-corrected chi connectivity index (χ2v) is 5.52. The van der Waals surface area contributed by atoms with Crippen LogP contribution in [0.3, 0.4) is 0 Å². The van der Waals surface area contributed by atoms with Gasteiger partial charge in [0.25, 0.3) is 5.91 Å². The smallest absolute Gasteiger partial charge is 0.251 e. The number of hydrogen-bond donors (Lipinski definition) is 3. The molecule has 1 aromatic rings. The third-order valence-electron chi connectivity index (χ3n) is 4.15. The van der Waals surface area contributed by atoms with Crippen molar-refractivity contribution >= 4 is 18.3 Å². The Labute approximate surface area is 125 Å². The summed E-state index contributed by atoms with van der Waals surface area (Å²) < 4.78 is 0. The second-order valence-electron chi connectivity index (χ2n) is 5.52. The molecule has 2 atom stereocenters. The van der Waals surface area contributed by atoms with Crippen LogP contribution in [0.2, 0.25) is 0 Å². The number of carbonyl (C=O) groups excluding carboxylic acids is 1. The van der Waals surface area contributed by atoms with Gasteiger partial charge in [0.1, 0.15) is 0 Å². The highest BCUT2D eigenvalue weighted by Crippen LogP contribution is 2.20. The first kappa shape index (κ1) is 15.3. The summed E-state index contributed by atoms with van der Waals surface area (Å²) in [6.07, 6.45) is 3.40. The quantitative estimate of drug-likeness (QED) is 0.779. The van der Waals surface area contributed by atoms with Gasteiger partial charge in [-0.15, -0.1) is 12.4 Å². The number of halogens is 1. The Hall–Kier alpha value is -1.10. The maximum Gasteiger partial charge on any atom is 0.251 e. The van der Waals surface area contributed by atoms with Crippen molar-refractivity contribution in [2.75, 3.05) is 0 Å². The normalized spacial score (nSPS) is 24.6. The van der Waals surface area contributed by atoms with Crippen molar-refractivity contribution < 1.29 is 9.90 Å². The predicted molar refractivity (Wildman–Crippen MR) is 80.0 cm³/mol. The Morgan fingerprint density at radius 3 is 2.75 bits per heavy atom. The van der Waals surface area contributed by atoms with Crippen LogP contribution in [-0.4, -0.2) is 23.2 Å². The van der Waals surface area contributed by atoms with Gasteiger partial charge < -0.3 is 15.7 Å². The summed E-state index contributed by atoms with van der Waals surface area (Å²) in [5.74, 6) is -0.0688. The molecule has 5 heteroatoms. The minimum atomic E-state index is -0.395. The monoisotopic (exact) mass is 296 g/mol. The molecule has 3 N–H and O–H groups in total. The molecule has 0 bridgehead atoms. The van der Waals surface area contributed by atoms with E-state index in [4.69, 9.17) is 0 Å². The van der Waals surface area contributed by atoms with Crippen LogP contribution in [0, 0.1) is 0 Å². The first-order valence-corrected chi connectivity index (χ1v) is 7.05. The van der Waals surface area contributed by atoms with E-state index >= 15 is 0 Å². The number of amides is 1. The zero-order chi connectivity index (χ0) is 13.2. The topological polar surface area (TPSA) is 61.4 Å². The molecule has 1 aromatic carbocycles. The molecule has 1 amide bonds. The average molecular weight is 297 g/mol. The molecular weight excluding hydrogens is 276 g/mol. The maximum absolute atomic E-state index is 12.2. The fraction of sp³-hybridized carbons (Fsp3) is 0.533. The van der Waals surface area contributed by atoms with Crippen LogP contribution >= 0.6 is 12.4 Å². The van der Waals surface area contributed by atoms with Crippen LogP contribution in [0.15, 0.2) is 18.2 Å². The predicted octanol–water partition coefficient (Wildman–Crippen LogP) is 1.74. The summed E-state index contributed by atoms with van der Waals surface area (Å²) in [4.78, 5) is 12.2. The van der Waals surface area contributed by atoms with E-state index in [1.807, 2.05) is 18.2 Å². The van der Waals surface area contributed by atoms with Crippen LogP contribution < -0.4 is 10.6 Å². The van der Waals surface area contributed by atoms with E-state index < -0.39 is 6.10 Å². The van der Waals surface area contributed by atoms with E-state index in [9.17, 15) is 9.90 Å². The lowest BCUT2D eigenvalue weighted by molar-refractivity contribution is 0.0717. The lowest BCUT2D eigenvalue weighted by Gasteiger charge is -2.28. The van der Waals surface area contributed by atoms with E-state index in [0.29, 0.717) is 5.56 Å². The molecular formula is C15H21ClN2O2. The fourth-order valence-corrected chi connectivity index (χ4v) is 2.97. The molecule has 1 aliphatic heterocycles. The number of carbonyl (C=O) groups is 1. The highest BCUT2D eigenvalue weighted by molar-refractivity contribution is 5.94. The zero-order valence-corrected chi connectivity index (χ0v) is 12.2. The third kappa shape index (κ3) is 3.14. The van der Waals surface area contributed by atoms with Gasteiger partial charge >= 0.3 is 0 Å². The molecule has 0 aromatic heterocycles. The molecule has 2 aliphatic rings. The minimum absolute atomic E-state index is 0. The Morgan fingerprint density at radius 2 is 1.95 bits per heavy atom. The molecule has 4 nitrogen and oxygen atoms in total. The zero-order valence-electron chi connectivity index (χ0n) is 11.4. The molecule has 0 spiro atoms. The molecule has 1 fully saturated rings. The fourth-order valence-electron chi connectivity index (χ4n) is 2.97. The molecule has 1 aliphatic carbocycles. The number of fused-ring (bicyclic) bond motifs is 1. The number of rotatable bonds is 2. The molecule has 110 valence electrons. The van der Waals surface area contributed by atoms with Gasteiger partial charge in [-0.25, -0.2) is 0 Å². The van der Waals surface area contributed by atoms with Gasteiger partial charge in [-0.1, -0.05) is 18.9 Å². The maximum atomic E-state index is 12.2. The molecule has 1 heterocycles. The second kappa shape index (κ2) is 6.57. The molecule has 0 saturated heterocycles. The first-order valence-electron chi connectivity index (χ1n) is 7.05. The van der Waals surface area contributed by atoms with E-state index in [-0.39, 0.29) is 24.4 Å². The first-order chi connectivity index (χ1) is 9.24. The summed E-state index contributed by atoms with van der Waals surface area (Å²) >= 11 is 0. The van der Waals surface area contributed by atoms with Crippen molar-refractivity contribution in [2.45, 2.75) is 50.9 Å². The minimum Gasteiger partial charge on any atom is -0.391 e. The Balaban J connectivity index is 0.00000147. The number of aliphatic hydroxyl groups excluding tert-OH is 1. The molecule has 0 radical (unpaired) electrons. The lowest BCUT2D eigenvalue weighted by Crippen LogP contribution is -2.45. The van der Waals surface area contributed by atoms with Crippen molar-refractivity contribution in [3.63, 3.8) is 0 Å². The van der Waals surface area contributed by atoms with Gasteiger partial charge in [-0.2, -0.15) is 0 Å². The largest absolute Gasteiger partial charge is 0.391 e. The van der Waals surface area contributed by atoms with Crippen molar-refractivity contribution in [1.82, 2.24) is 10.6 Å². The summed E-state index contributed by atoms with van der Waals surface area (Å²) in [6.45, 7) is 1.72. The third-order valence-corrected chi connectivity index (χ3v) is 4.15. The van der Waals surface area contributed by atoms with E-state index in [1.165, 1.54) is 11.1 Å². The highest BCUT2D eigenvalue weighted by atomic mass is 35.5. The van der Waals surface area contributed by atoms with Gasteiger partial charge in [0.2, 0.25) is 0 Å². The molecule has 1 saturated carbocycles. The SMILES string of the molecule is Cl.O=C(N[C@H]1CCCC[C@@H]1O)c1ccc2c(c1)CNC2. The van der Waals surface area contributed by atoms with Crippen molar-refractivity contribution in [1.29, 1.82) is 0 Å². The van der Waals surface area contributed by atoms with Gasteiger partial charge in [-0.05, 0) is 36.1 Å². The lowest BCUT2D eigenvalue weighted by atomic mass is 9.92.